The van der Waals surface area contributed by atoms with Gasteiger partial charge in [0.1, 0.15) is 0 Å². The molecule has 22 heavy (non-hydrogen) atoms. The topological polar surface area (TPSA) is 26.0 Å². The van der Waals surface area contributed by atoms with Gasteiger partial charge < -0.3 is 5.73 Å². The maximum atomic E-state index is 6.23. The lowest BCUT2D eigenvalue weighted by Crippen LogP contribution is -2.37. The molecule has 0 amide bonds. The molecule has 0 bridgehead atoms. The fourth-order valence-corrected chi connectivity index (χ4v) is 4.69. The molecule has 2 fully saturated rings. The molecule has 1 aromatic carbocycles. The second-order valence-corrected chi connectivity index (χ2v) is 8.61. The third kappa shape index (κ3) is 3.25. The summed E-state index contributed by atoms with van der Waals surface area (Å²) in [4.78, 5) is 0. The number of benzene rings is 1. The van der Waals surface area contributed by atoms with Gasteiger partial charge >= 0.3 is 0 Å². The first-order valence-electron chi connectivity index (χ1n) is 9.35. The molecule has 0 heterocycles. The highest BCUT2D eigenvalue weighted by molar-refractivity contribution is 5.33. The van der Waals surface area contributed by atoms with Crippen LogP contribution in [0.3, 0.4) is 0 Å². The molecule has 0 aliphatic heterocycles. The minimum absolute atomic E-state index is 0.266. The van der Waals surface area contributed by atoms with Crippen LogP contribution in [0.15, 0.2) is 24.3 Å². The van der Waals surface area contributed by atoms with Gasteiger partial charge in [-0.3, -0.25) is 0 Å². The van der Waals surface area contributed by atoms with Crippen LogP contribution in [-0.4, -0.2) is 6.54 Å². The minimum atomic E-state index is 0.266. The van der Waals surface area contributed by atoms with Gasteiger partial charge in [0, 0.05) is 12.0 Å². The molecule has 1 aromatic rings. The SMILES string of the molecule is CC1(C)CCC(c2cccc(C3(CN)CCCCC3)c2)CC1. The second-order valence-electron chi connectivity index (χ2n) is 8.61. The van der Waals surface area contributed by atoms with Crippen LogP contribution in [0.4, 0.5) is 0 Å². The van der Waals surface area contributed by atoms with Crippen molar-refractivity contribution in [3.05, 3.63) is 35.4 Å². The Bertz CT molecular complexity index is 486. The zero-order chi connectivity index (χ0) is 15.6. The molecule has 122 valence electrons. The van der Waals surface area contributed by atoms with Gasteiger partial charge in [-0.1, -0.05) is 57.4 Å². The summed E-state index contributed by atoms with van der Waals surface area (Å²) in [5.74, 6) is 0.770. The van der Waals surface area contributed by atoms with E-state index in [4.69, 9.17) is 5.73 Å². The Labute approximate surface area is 136 Å². The van der Waals surface area contributed by atoms with E-state index >= 15 is 0 Å². The fraction of sp³-hybridized carbons (Fsp3) is 0.714. The number of rotatable bonds is 3. The molecule has 2 N–H and O–H groups in total. The van der Waals surface area contributed by atoms with E-state index in [1.165, 1.54) is 63.4 Å². The Hall–Kier alpha value is -0.820. The van der Waals surface area contributed by atoms with Crippen LogP contribution < -0.4 is 5.73 Å². The maximum Gasteiger partial charge on any atom is 0.00756 e. The van der Waals surface area contributed by atoms with Gasteiger partial charge in [0.25, 0.3) is 0 Å². The van der Waals surface area contributed by atoms with E-state index in [0.29, 0.717) is 5.41 Å². The summed E-state index contributed by atoms with van der Waals surface area (Å²) in [7, 11) is 0. The Morgan fingerprint density at radius 3 is 2.32 bits per heavy atom. The van der Waals surface area contributed by atoms with Crippen molar-refractivity contribution in [2.45, 2.75) is 83.0 Å². The van der Waals surface area contributed by atoms with Crippen molar-refractivity contribution in [1.29, 1.82) is 0 Å². The second kappa shape index (κ2) is 6.35. The lowest BCUT2D eigenvalue weighted by atomic mass is 9.67. The number of nitrogens with two attached hydrogens (primary N) is 1. The summed E-state index contributed by atoms with van der Waals surface area (Å²) in [6.45, 7) is 5.66. The van der Waals surface area contributed by atoms with E-state index in [2.05, 4.69) is 38.1 Å². The molecule has 2 aliphatic rings. The van der Waals surface area contributed by atoms with Crippen molar-refractivity contribution in [3.8, 4) is 0 Å². The maximum absolute atomic E-state index is 6.23. The summed E-state index contributed by atoms with van der Waals surface area (Å²) < 4.78 is 0. The lowest BCUT2D eigenvalue weighted by Gasteiger charge is -2.38. The van der Waals surface area contributed by atoms with E-state index < -0.39 is 0 Å². The van der Waals surface area contributed by atoms with Crippen LogP contribution in [0.2, 0.25) is 0 Å². The van der Waals surface area contributed by atoms with E-state index in [1.807, 2.05) is 0 Å². The molecule has 1 heteroatoms. The van der Waals surface area contributed by atoms with Crippen molar-refractivity contribution in [1.82, 2.24) is 0 Å². The summed E-state index contributed by atoms with van der Waals surface area (Å²) in [5, 5.41) is 0. The largest absolute Gasteiger partial charge is 0.330 e. The summed E-state index contributed by atoms with van der Waals surface area (Å²) in [6.07, 6.45) is 12.1. The smallest absolute Gasteiger partial charge is 0.00756 e. The summed E-state index contributed by atoms with van der Waals surface area (Å²) in [6, 6.07) is 9.51. The van der Waals surface area contributed by atoms with E-state index in [0.717, 1.165) is 12.5 Å². The molecule has 3 rings (SSSR count). The highest BCUT2D eigenvalue weighted by Crippen LogP contribution is 2.44. The molecule has 0 spiro atoms. The summed E-state index contributed by atoms with van der Waals surface area (Å²) >= 11 is 0. The molecule has 0 radical (unpaired) electrons. The third-order valence-electron chi connectivity index (χ3n) is 6.51. The van der Waals surface area contributed by atoms with Gasteiger partial charge in [-0.25, -0.2) is 0 Å². The molecule has 2 saturated carbocycles. The van der Waals surface area contributed by atoms with Gasteiger partial charge in [0.15, 0.2) is 0 Å². The predicted octanol–water partition coefficient (Wildman–Crippen LogP) is 5.53. The van der Waals surface area contributed by atoms with Gasteiger partial charge in [0.05, 0.1) is 0 Å². The van der Waals surface area contributed by atoms with Crippen molar-refractivity contribution in [2.24, 2.45) is 11.1 Å². The average Bonchev–Trinajstić information content (AvgIpc) is 2.55. The van der Waals surface area contributed by atoms with Gasteiger partial charge in [0.2, 0.25) is 0 Å². The van der Waals surface area contributed by atoms with Gasteiger partial charge in [-0.2, -0.15) is 0 Å². The van der Waals surface area contributed by atoms with Crippen LogP contribution in [0, 0.1) is 5.41 Å². The Morgan fingerprint density at radius 2 is 1.68 bits per heavy atom. The van der Waals surface area contributed by atoms with E-state index in [-0.39, 0.29) is 5.41 Å². The Kier molecular flexibility index (Phi) is 4.64. The van der Waals surface area contributed by atoms with Crippen molar-refractivity contribution in [2.75, 3.05) is 6.54 Å². The normalized spacial score (nSPS) is 25.0. The highest BCUT2D eigenvalue weighted by Gasteiger charge is 2.33. The Balaban J connectivity index is 1.80. The fourth-order valence-electron chi connectivity index (χ4n) is 4.69. The first kappa shape index (κ1) is 16.1. The first-order chi connectivity index (χ1) is 10.5. The van der Waals surface area contributed by atoms with Gasteiger partial charge in [-0.05, 0) is 61.0 Å². The van der Waals surface area contributed by atoms with E-state index in [1.54, 1.807) is 5.56 Å². The highest BCUT2D eigenvalue weighted by atomic mass is 14.6. The monoisotopic (exact) mass is 299 g/mol. The number of hydrogen-bond acceptors (Lipinski definition) is 1. The van der Waals surface area contributed by atoms with Crippen LogP contribution in [0.1, 0.15) is 88.7 Å². The third-order valence-corrected chi connectivity index (χ3v) is 6.51. The molecular formula is C21H33N. The van der Waals surface area contributed by atoms with Gasteiger partial charge in [-0.15, -0.1) is 0 Å². The average molecular weight is 300 g/mol. The molecule has 1 nitrogen and oxygen atoms in total. The first-order valence-corrected chi connectivity index (χ1v) is 9.35. The zero-order valence-electron chi connectivity index (χ0n) is 14.5. The molecule has 0 aromatic heterocycles. The zero-order valence-corrected chi connectivity index (χ0v) is 14.5. The molecular weight excluding hydrogens is 266 g/mol. The summed E-state index contributed by atoms with van der Waals surface area (Å²) in [5.41, 5.74) is 10.2. The lowest BCUT2D eigenvalue weighted by molar-refractivity contribution is 0.224. The predicted molar refractivity (Wildman–Crippen MR) is 95.2 cm³/mol. The standard InChI is InChI=1S/C21H33N/c1-20(2)13-9-17(10-14-20)18-7-6-8-19(15-18)21(16-22)11-4-3-5-12-21/h6-8,15,17H,3-5,9-14,16,22H2,1-2H3. The van der Waals surface area contributed by atoms with Crippen LogP contribution in [0.5, 0.6) is 0 Å². The molecule has 0 unspecified atom stereocenters. The van der Waals surface area contributed by atoms with Crippen molar-refractivity contribution in [3.63, 3.8) is 0 Å². The van der Waals surface area contributed by atoms with Crippen LogP contribution in [-0.2, 0) is 5.41 Å². The van der Waals surface area contributed by atoms with E-state index in [9.17, 15) is 0 Å². The number of hydrogen-bond donors (Lipinski definition) is 1. The quantitative estimate of drug-likeness (QED) is 0.780. The Morgan fingerprint density at radius 1 is 1.00 bits per heavy atom. The van der Waals surface area contributed by atoms with Crippen molar-refractivity contribution >= 4 is 0 Å². The van der Waals surface area contributed by atoms with Crippen LogP contribution >= 0.6 is 0 Å². The minimum Gasteiger partial charge on any atom is -0.330 e. The van der Waals surface area contributed by atoms with Crippen LogP contribution in [0.25, 0.3) is 0 Å². The molecule has 0 atom stereocenters. The molecule has 0 saturated heterocycles. The van der Waals surface area contributed by atoms with Crippen molar-refractivity contribution < 1.29 is 0 Å². The molecule has 2 aliphatic carbocycles.